The third-order valence-electron chi connectivity index (χ3n) is 3.36. The molecule has 0 aliphatic rings. The predicted octanol–water partition coefficient (Wildman–Crippen LogP) is 4.60. The topological polar surface area (TPSA) is 32.9 Å². The monoisotopic (exact) mass is 291 g/mol. The molecule has 0 radical (unpaired) electrons. The molecule has 0 fully saturated rings. The van der Waals surface area contributed by atoms with E-state index >= 15 is 0 Å². The molecule has 0 unspecified atom stereocenters. The summed E-state index contributed by atoms with van der Waals surface area (Å²) in [5.41, 5.74) is 3.25. The van der Waals surface area contributed by atoms with E-state index in [4.69, 9.17) is 23.2 Å². The standard InChI is InChI=1S/C15H11Cl2NO/c1-7-3-9-13(5-11(7)16)18-14-6-12(17)8(2)4-10(14)15(9)19/h3-6H,1-2H3,(H,18,19). The Bertz CT molecular complexity index is 812. The number of aromatic amines is 1. The van der Waals surface area contributed by atoms with Gasteiger partial charge < -0.3 is 4.98 Å². The first-order chi connectivity index (χ1) is 8.97. The average molecular weight is 292 g/mol. The van der Waals surface area contributed by atoms with Crippen LogP contribution in [0.5, 0.6) is 0 Å². The second-order valence-corrected chi connectivity index (χ2v) is 5.56. The first-order valence-corrected chi connectivity index (χ1v) is 6.65. The minimum absolute atomic E-state index is 0.00304. The van der Waals surface area contributed by atoms with E-state index in [2.05, 4.69) is 4.98 Å². The number of nitrogens with one attached hydrogen (secondary N) is 1. The van der Waals surface area contributed by atoms with Crippen LogP contribution in [0.25, 0.3) is 21.8 Å². The maximum atomic E-state index is 12.5. The van der Waals surface area contributed by atoms with E-state index in [1.165, 1.54) is 0 Å². The molecule has 4 heteroatoms. The van der Waals surface area contributed by atoms with E-state index in [-0.39, 0.29) is 5.43 Å². The number of H-pyrrole nitrogens is 1. The Morgan fingerprint density at radius 1 is 0.842 bits per heavy atom. The number of benzene rings is 2. The van der Waals surface area contributed by atoms with Crippen molar-refractivity contribution >= 4 is 45.0 Å². The van der Waals surface area contributed by atoms with Crippen molar-refractivity contribution in [1.29, 1.82) is 0 Å². The van der Waals surface area contributed by atoms with Gasteiger partial charge in [0.1, 0.15) is 0 Å². The van der Waals surface area contributed by atoms with Crippen molar-refractivity contribution < 1.29 is 0 Å². The number of aryl methyl sites for hydroxylation is 2. The summed E-state index contributed by atoms with van der Waals surface area (Å²) in [6, 6.07) is 7.20. The lowest BCUT2D eigenvalue weighted by molar-refractivity contribution is 1.42. The van der Waals surface area contributed by atoms with Gasteiger partial charge in [-0.2, -0.15) is 0 Å². The van der Waals surface area contributed by atoms with Crippen molar-refractivity contribution in [3.05, 3.63) is 55.7 Å². The molecular formula is C15H11Cl2NO. The highest BCUT2D eigenvalue weighted by molar-refractivity contribution is 6.32. The predicted molar refractivity (Wildman–Crippen MR) is 81.6 cm³/mol. The summed E-state index contributed by atoms with van der Waals surface area (Å²) >= 11 is 12.2. The molecule has 2 nitrogen and oxygen atoms in total. The maximum Gasteiger partial charge on any atom is 0.197 e. The first-order valence-electron chi connectivity index (χ1n) is 5.89. The van der Waals surface area contributed by atoms with E-state index in [0.29, 0.717) is 20.8 Å². The summed E-state index contributed by atoms with van der Waals surface area (Å²) in [6.45, 7) is 3.77. The van der Waals surface area contributed by atoms with Crippen LogP contribution in [0.4, 0.5) is 0 Å². The van der Waals surface area contributed by atoms with Crippen molar-refractivity contribution in [2.75, 3.05) is 0 Å². The van der Waals surface area contributed by atoms with Crippen LogP contribution in [0.15, 0.2) is 29.1 Å². The highest BCUT2D eigenvalue weighted by Gasteiger charge is 2.09. The van der Waals surface area contributed by atoms with Crippen LogP contribution in [0.3, 0.4) is 0 Å². The zero-order valence-corrected chi connectivity index (χ0v) is 12.0. The summed E-state index contributed by atoms with van der Waals surface area (Å²) in [5.74, 6) is 0. The van der Waals surface area contributed by atoms with Crippen molar-refractivity contribution in [2.24, 2.45) is 0 Å². The third kappa shape index (κ3) is 1.92. The lowest BCUT2D eigenvalue weighted by Gasteiger charge is -2.07. The zero-order valence-electron chi connectivity index (χ0n) is 10.5. The maximum absolute atomic E-state index is 12.5. The Labute approximate surface area is 120 Å². The lowest BCUT2D eigenvalue weighted by atomic mass is 10.1. The van der Waals surface area contributed by atoms with Gasteiger partial charge in [0.25, 0.3) is 0 Å². The molecule has 3 aromatic rings. The molecule has 0 saturated heterocycles. The normalized spacial score (nSPS) is 11.4. The Morgan fingerprint density at radius 3 is 1.68 bits per heavy atom. The molecule has 1 N–H and O–H groups in total. The molecule has 0 aliphatic carbocycles. The molecule has 0 spiro atoms. The molecule has 3 rings (SSSR count). The number of hydrogen-bond donors (Lipinski definition) is 1. The lowest BCUT2D eigenvalue weighted by Crippen LogP contribution is -2.05. The van der Waals surface area contributed by atoms with Gasteiger partial charge in [-0.05, 0) is 49.2 Å². The van der Waals surface area contributed by atoms with Gasteiger partial charge in [-0.3, -0.25) is 4.79 Å². The van der Waals surface area contributed by atoms with Crippen LogP contribution in [0.1, 0.15) is 11.1 Å². The fourth-order valence-electron chi connectivity index (χ4n) is 2.24. The fraction of sp³-hybridized carbons (Fsp3) is 0.133. The Balaban J connectivity index is 2.56. The molecule has 19 heavy (non-hydrogen) atoms. The molecule has 0 bridgehead atoms. The smallest absolute Gasteiger partial charge is 0.197 e. The molecule has 0 atom stereocenters. The average Bonchev–Trinajstić information content (AvgIpc) is 2.35. The molecule has 96 valence electrons. The summed E-state index contributed by atoms with van der Waals surface area (Å²) in [7, 11) is 0. The van der Waals surface area contributed by atoms with Crippen molar-refractivity contribution in [3.8, 4) is 0 Å². The number of pyridine rings is 1. The third-order valence-corrected chi connectivity index (χ3v) is 4.17. The van der Waals surface area contributed by atoms with Gasteiger partial charge in [-0.15, -0.1) is 0 Å². The van der Waals surface area contributed by atoms with E-state index in [0.717, 1.165) is 22.2 Å². The Morgan fingerprint density at radius 2 is 1.26 bits per heavy atom. The largest absolute Gasteiger partial charge is 0.354 e. The fourth-order valence-corrected chi connectivity index (χ4v) is 2.56. The molecular weight excluding hydrogens is 281 g/mol. The Kier molecular flexibility index (Phi) is 2.80. The van der Waals surface area contributed by atoms with Gasteiger partial charge in [0.05, 0.1) is 11.0 Å². The summed E-state index contributed by atoms with van der Waals surface area (Å²) < 4.78 is 0. The van der Waals surface area contributed by atoms with Crippen LogP contribution in [0, 0.1) is 13.8 Å². The molecule has 0 aliphatic heterocycles. The molecule has 1 heterocycles. The number of halogens is 2. The number of aromatic nitrogens is 1. The van der Waals surface area contributed by atoms with E-state index < -0.39 is 0 Å². The number of rotatable bonds is 0. The van der Waals surface area contributed by atoms with Crippen LogP contribution < -0.4 is 5.43 Å². The zero-order chi connectivity index (χ0) is 13.7. The van der Waals surface area contributed by atoms with E-state index in [1.807, 2.05) is 26.0 Å². The highest BCUT2D eigenvalue weighted by Crippen LogP contribution is 2.25. The van der Waals surface area contributed by atoms with Gasteiger partial charge in [-0.1, -0.05) is 23.2 Å². The van der Waals surface area contributed by atoms with E-state index in [9.17, 15) is 4.79 Å². The summed E-state index contributed by atoms with van der Waals surface area (Å²) in [4.78, 5) is 15.7. The summed E-state index contributed by atoms with van der Waals surface area (Å²) in [6.07, 6.45) is 0. The first kappa shape index (κ1) is 12.5. The van der Waals surface area contributed by atoms with Gasteiger partial charge in [0.15, 0.2) is 5.43 Å². The molecule has 0 saturated carbocycles. The highest BCUT2D eigenvalue weighted by atomic mass is 35.5. The van der Waals surface area contributed by atoms with Crippen LogP contribution in [0.2, 0.25) is 10.0 Å². The number of hydrogen-bond acceptors (Lipinski definition) is 1. The van der Waals surface area contributed by atoms with Gasteiger partial charge in [0, 0.05) is 20.8 Å². The van der Waals surface area contributed by atoms with Crippen LogP contribution in [-0.2, 0) is 0 Å². The second kappa shape index (κ2) is 4.26. The van der Waals surface area contributed by atoms with Crippen LogP contribution >= 0.6 is 23.2 Å². The molecule has 0 amide bonds. The molecule has 1 aromatic heterocycles. The van der Waals surface area contributed by atoms with E-state index in [1.54, 1.807) is 12.1 Å². The minimum Gasteiger partial charge on any atom is -0.354 e. The number of fused-ring (bicyclic) bond motifs is 2. The van der Waals surface area contributed by atoms with Gasteiger partial charge >= 0.3 is 0 Å². The second-order valence-electron chi connectivity index (χ2n) is 4.75. The van der Waals surface area contributed by atoms with Crippen molar-refractivity contribution in [3.63, 3.8) is 0 Å². The van der Waals surface area contributed by atoms with Crippen molar-refractivity contribution in [1.82, 2.24) is 4.98 Å². The Hall–Kier alpha value is -1.51. The SMILES string of the molecule is Cc1cc2c(=O)c3cc(C)c(Cl)cc3[nH]c2cc1Cl. The minimum atomic E-state index is 0.00304. The summed E-state index contributed by atoms with van der Waals surface area (Å²) in [5, 5.41) is 2.58. The quantitative estimate of drug-likeness (QED) is 0.603. The van der Waals surface area contributed by atoms with Crippen molar-refractivity contribution in [2.45, 2.75) is 13.8 Å². The van der Waals surface area contributed by atoms with Gasteiger partial charge in [-0.25, -0.2) is 0 Å². The van der Waals surface area contributed by atoms with Gasteiger partial charge in [0.2, 0.25) is 0 Å². The van der Waals surface area contributed by atoms with Crippen LogP contribution in [-0.4, -0.2) is 4.98 Å². The molecule has 2 aromatic carbocycles.